The third-order valence-corrected chi connectivity index (χ3v) is 8.22. The molecule has 0 saturated carbocycles. The minimum atomic E-state index is -0.501. The van der Waals surface area contributed by atoms with Gasteiger partial charge in [0.25, 0.3) is 0 Å². The number of anilines is 3. The predicted molar refractivity (Wildman–Crippen MR) is 180 cm³/mol. The smallest absolute Gasteiger partial charge is 0.416 e. The number of nitrogens with one attached hydrogen (secondary N) is 1. The van der Waals surface area contributed by atoms with Gasteiger partial charge >= 0.3 is 6.09 Å². The summed E-state index contributed by atoms with van der Waals surface area (Å²) >= 11 is 0. The van der Waals surface area contributed by atoms with Crippen molar-refractivity contribution in [2.45, 2.75) is 53.1 Å². The molecule has 4 rings (SSSR count). The van der Waals surface area contributed by atoms with Gasteiger partial charge in [0, 0.05) is 57.2 Å². The summed E-state index contributed by atoms with van der Waals surface area (Å²) in [6, 6.07) is 12.1. The van der Waals surface area contributed by atoms with E-state index in [1.165, 1.54) is 11.0 Å². The Morgan fingerprint density at radius 2 is 1.87 bits per heavy atom. The maximum absolute atomic E-state index is 14.9. The van der Waals surface area contributed by atoms with Crippen molar-refractivity contribution in [1.82, 2.24) is 19.8 Å². The van der Waals surface area contributed by atoms with Crippen LogP contribution >= 0.6 is 0 Å². The van der Waals surface area contributed by atoms with Crippen molar-refractivity contribution in [3.8, 4) is 11.5 Å². The fourth-order valence-electron chi connectivity index (χ4n) is 5.43. The van der Waals surface area contributed by atoms with Crippen LogP contribution in [-0.2, 0) is 4.74 Å². The quantitative estimate of drug-likeness (QED) is 0.180. The van der Waals surface area contributed by atoms with Crippen molar-refractivity contribution in [2.75, 3.05) is 70.2 Å². The van der Waals surface area contributed by atoms with Crippen LogP contribution in [0.3, 0.4) is 0 Å². The van der Waals surface area contributed by atoms with E-state index in [1.807, 2.05) is 39.0 Å². The van der Waals surface area contributed by atoms with Gasteiger partial charge < -0.3 is 29.3 Å². The highest BCUT2D eigenvalue weighted by Crippen LogP contribution is 2.34. The van der Waals surface area contributed by atoms with Gasteiger partial charge in [-0.25, -0.2) is 14.2 Å². The Morgan fingerprint density at radius 3 is 2.57 bits per heavy atom. The molecule has 2 heterocycles. The van der Waals surface area contributed by atoms with Gasteiger partial charge in [-0.3, -0.25) is 4.90 Å². The van der Waals surface area contributed by atoms with Crippen molar-refractivity contribution in [2.24, 2.45) is 5.92 Å². The molecule has 3 aromatic rings. The van der Waals surface area contributed by atoms with Gasteiger partial charge in [0.1, 0.15) is 17.7 Å². The molecule has 1 N–H and O–H groups in total. The summed E-state index contributed by atoms with van der Waals surface area (Å²) in [5, 5.41) is 3.06. The second-order valence-electron chi connectivity index (χ2n) is 12.1. The number of likely N-dealkylation sites (N-methyl/N-ethyl adjacent to an activating group) is 1. The zero-order valence-electron chi connectivity index (χ0n) is 28.1. The number of aromatic nitrogens is 2. The van der Waals surface area contributed by atoms with Gasteiger partial charge in [-0.15, -0.1) is 0 Å². The summed E-state index contributed by atoms with van der Waals surface area (Å²) in [5.41, 5.74) is 2.29. The summed E-state index contributed by atoms with van der Waals surface area (Å²) in [6.45, 7) is 14.1. The first-order chi connectivity index (χ1) is 22.2. The van der Waals surface area contributed by atoms with E-state index in [1.54, 1.807) is 31.5 Å². The van der Waals surface area contributed by atoms with Crippen LogP contribution in [0.5, 0.6) is 11.5 Å². The topological polar surface area (TPSA) is 92.3 Å². The molecule has 11 heteroatoms. The summed E-state index contributed by atoms with van der Waals surface area (Å²) in [7, 11) is 3.76. The number of hydrogen-bond acceptors (Lipinski definition) is 9. The molecule has 10 nitrogen and oxygen atoms in total. The highest BCUT2D eigenvalue weighted by atomic mass is 19.1. The first-order valence-corrected chi connectivity index (χ1v) is 16.2. The normalized spacial score (nSPS) is 14.6. The molecule has 1 atom stereocenters. The number of unbranched alkanes of at least 4 members (excludes halogenated alkanes) is 1. The molecule has 1 fully saturated rings. The van der Waals surface area contributed by atoms with Crippen LogP contribution < -0.4 is 19.7 Å². The average Bonchev–Trinajstić information content (AvgIpc) is 3.04. The second-order valence-corrected chi connectivity index (χ2v) is 12.1. The number of halogens is 1. The minimum absolute atomic E-state index is 0.0178. The highest BCUT2D eigenvalue weighted by molar-refractivity contribution is 5.86. The maximum atomic E-state index is 14.9. The van der Waals surface area contributed by atoms with E-state index in [0.717, 1.165) is 68.9 Å². The van der Waals surface area contributed by atoms with Crippen LogP contribution in [0.2, 0.25) is 0 Å². The third-order valence-electron chi connectivity index (χ3n) is 8.22. The maximum Gasteiger partial charge on any atom is 0.416 e. The van der Waals surface area contributed by atoms with Gasteiger partial charge in [-0.1, -0.05) is 39.3 Å². The number of amides is 1. The van der Waals surface area contributed by atoms with E-state index in [2.05, 4.69) is 39.1 Å². The fourth-order valence-corrected chi connectivity index (χ4v) is 5.43. The predicted octanol–water partition coefficient (Wildman–Crippen LogP) is 6.83. The number of ether oxygens (including phenoxy) is 3. The van der Waals surface area contributed by atoms with Crippen LogP contribution in [0.4, 0.5) is 26.6 Å². The summed E-state index contributed by atoms with van der Waals surface area (Å²) in [5.74, 6) is 1.12. The lowest BCUT2D eigenvalue weighted by molar-refractivity contribution is 0.0756. The Balaban J connectivity index is 1.41. The zero-order valence-corrected chi connectivity index (χ0v) is 28.1. The zero-order chi connectivity index (χ0) is 33.1. The van der Waals surface area contributed by atoms with E-state index in [0.29, 0.717) is 24.7 Å². The molecular formula is C35H49FN6O4. The number of rotatable bonds is 15. The van der Waals surface area contributed by atoms with Crippen molar-refractivity contribution < 1.29 is 23.4 Å². The molecule has 2 aromatic carbocycles. The summed E-state index contributed by atoms with van der Waals surface area (Å²) in [4.78, 5) is 28.9. The number of carbonyl (C=O) groups is 1. The number of hydrogen-bond donors (Lipinski definition) is 1. The van der Waals surface area contributed by atoms with Crippen molar-refractivity contribution in [1.29, 1.82) is 0 Å². The Labute approximate surface area is 272 Å². The lowest BCUT2D eigenvalue weighted by Crippen LogP contribution is -2.44. The van der Waals surface area contributed by atoms with E-state index in [4.69, 9.17) is 14.2 Å². The molecule has 0 aliphatic carbocycles. The van der Waals surface area contributed by atoms with Crippen LogP contribution in [0.15, 0.2) is 48.7 Å². The first kappa shape index (κ1) is 34.9. The van der Waals surface area contributed by atoms with Crippen LogP contribution in [-0.4, -0.2) is 85.9 Å². The van der Waals surface area contributed by atoms with Crippen molar-refractivity contribution >= 4 is 23.5 Å². The lowest BCUT2D eigenvalue weighted by Gasteiger charge is -2.32. The third kappa shape index (κ3) is 9.53. The molecule has 1 amide bonds. The van der Waals surface area contributed by atoms with Crippen molar-refractivity contribution in [3.05, 3.63) is 65.6 Å². The summed E-state index contributed by atoms with van der Waals surface area (Å²) < 4.78 is 32.3. The largest absolute Gasteiger partial charge is 0.496 e. The molecule has 0 spiro atoms. The molecule has 1 aliphatic rings. The SMILES string of the molecule is CCCCN(C(=O)OC(c1cccc(OC)c1C)C(C)C)c1ccnc(Nc2ccc(OCCCN3CCN(C)CC3)c(F)c2)n1. The minimum Gasteiger partial charge on any atom is -0.496 e. The molecule has 250 valence electrons. The summed E-state index contributed by atoms with van der Waals surface area (Å²) in [6.07, 6.45) is 3.05. The number of methoxy groups -OCH3 is 1. The van der Waals surface area contributed by atoms with E-state index >= 15 is 0 Å². The van der Waals surface area contributed by atoms with Gasteiger partial charge in [-0.05, 0) is 68.1 Å². The Hall–Kier alpha value is -3.96. The first-order valence-electron chi connectivity index (χ1n) is 16.2. The monoisotopic (exact) mass is 636 g/mol. The second kappa shape index (κ2) is 17.1. The van der Waals surface area contributed by atoms with Crippen LogP contribution in [0.25, 0.3) is 0 Å². The van der Waals surface area contributed by atoms with Crippen LogP contribution in [0.1, 0.15) is 57.3 Å². The molecule has 1 aromatic heterocycles. The Bertz CT molecular complexity index is 1420. The van der Waals surface area contributed by atoms with Crippen molar-refractivity contribution in [3.63, 3.8) is 0 Å². The van der Waals surface area contributed by atoms with E-state index < -0.39 is 18.0 Å². The van der Waals surface area contributed by atoms with Gasteiger partial charge in [-0.2, -0.15) is 4.98 Å². The number of carbonyl (C=O) groups excluding carboxylic acids is 1. The molecule has 0 radical (unpaired) electrons. The van der Waals surface area contributed by atoms with E-state index in [-0.39, 0.29) is 17.6 Å². The van der Waals surface area contributed by atoms with Gasteiger partial charge in [0.05, 0.1) is 13.7 Å². The Morgan fingerprint density at radius 1 is 1.09 bits per heavy atom. The standard InChI is InChI=1S/C35H49FN6O4/c1-7-8-18-42(35(43)46-33(25(2)3)28-11-9-12-30(44-6)26(28)4)32-15-16-37-34(39-32)38-27-13-14-31(29(36)24-27)45-23-10-17-41-21-19-40(5)20-22-41/h9,11-16,24-25,33H,7-8,10,17-23H2,1-6H3,(H,37,38,39). The number of benzene rings is 2. The number of nitrogens with zero attached hydrogens (tertiary/aromatic N) is 5. The van der Waals surface area contributed by atoms with Gasteiger partial charge in [0.15, 0.2) is 11.6 Å². The number of piperazine rings is 1. The average molecular weight is 637 g/mol. The van der Waals surface area contributed by atoms with Gasteiger partial charge in [0.2, 0.25) is 5.95 Å². The Kier molecular flexibility index (Phi) is 13.0. The molecule has 46 heavy (non-hydrogen) atoms. The molecular weight excluding hydrogens is 587 g/mol. The lowest BCUT2D eigenvalue weighted by atomic mass is 9.94. The fraction of sp³-hybridized carbons (Fsp3) is 0.514. The van der Waals surface area contributed by atoms with E-state index in [9.17, 15) is 9.18 Å². The molecule has 0 bridgehead atoms. The molecule has 1 unspecified atom stereocenters. The van der Waals surface area contributed by atoms with Crippen LogP contribution in [0, 0.1) is 18.7 Å². The highest BCUT2D eigenvalue weighted by Gasteiger charge is 2.28. The molecule has 1 aliphatic heterocycles. The molecule has 1 saturated heterocycles.